The van der Waals surface area contributed by atoms with Crippen LogP contribution in [0.1, 0.15) is 27.7 Å². The molecule has 0 spiro atoms. The van der Waals surface area contributed by atoms with Gasteiger partial charge >= 0.3 is 11.9 Å². The van der Waals surface area contributed by atoms with Gasteiger partial charge in [-0.2, -0.15) is 0 Å². The predicted octanol–water partition coefficient (Wildman–Crippen LogP) is -1.99. The summed E-state index contributed by atoms with van der Waals surface area (Å²) in [6.45, 7) is 5.70. The van der Waals surface area contributed by atoms with E-state index in [9.17, 15) is 19.8 Å². The number of rotatable bonds is 7. The summed E-state index contributed by atoms with van der Waals surface area (Å²) >= 11 is 0. The van der Waals surface area contributed by atoms with E-state index < -0.39 is 61.3 Å². The lowest BCUT2D eigenvalue weighted by molar-refractivity contribution is -0.313. The van der Waals surface area contributed by atoms with Crippen molar-refractivity contribution in [3.05, 3.63) is 0 Å². The molecule has 0 aromatic carbocycles. The van der Waals surface area contributed by atoms with Crippen molar-refractivity contribution in [1.82, 2.24) is 0 Å². The first-order valence-corrected chi connectivity index (χ1v) is 8.10. The van der Waals surface area contributed by atoms with Crippen LogP contribution in [-0.2, 0) is 28.5 Å². The predicted molar refractivity (Wildman–Crippen MR) is 85.0 cm³/mol. The van der Waals surface area contributed by atoms with Gasteiger partial charge < -0.3 is 40.6 Å². The molecule has 0 aromatic heterocycles. The zero-order chi connectivity index (χ0) is 19.3. The highest BCUT2D eigenvalue weighted by Gasteiger charge is 2.50. The molecule has 0 bridgehead atoms. The van der Waals surface area contributed by atoms with E-state index in [2.05, 4.69) is 0 Å². The zero-order valence-electron chi connectivity index (χ0n) is 14.8. The van der Waals surface area contributed by atoms with Gasteiger partial charge in [0.05, 0.1) is 12.7 Å². The molecule has 7 atom stereocenters. The molecule has 25 heavy (non-hydrogen) atoms. The molecular weight excluding hydrogens is 336 g/mol. The molecule has 0 amide bonds. The molecule has 1 heterocycles. The van der Waals surface area contributed by atoms with Crippen molar-refractivity contribution in [3.8, 4) is 0 Å². The second kappa shape index (κ2) is 9.41. The molecule has 1 saturated heterocycles. The maximum atomic E-state index is 11.9. The molecule has 6 N–H and O–H groups in total. The van der Waals surface area contributed by atoms with E-state index in [-0.39, 0.29) is 6.10 Å². The van der Waals surface area contributed by atoms with Gasteiger partial charge in [-0.1, -0.05) is 0 Å². The molecule has 0 unspecified atom stereocenters. The Kier molecular flexibility index (Phi) is 8.19. The number of hydrogen-bond acceptors (Lipinski definition) is 10. The van der Waals surface area contributed by atoms with Gasteiger partial charge in [-0.15, -0.1) is 0 Å². The van der Waals surface area contributed by atoms with Crippen molar-refractivity contribution in [3.63, 3.8) is 0 Å². The van der Waals surface area contributed by atoms with E-state index in [1.54, 1.807) is 13.8 Å². The molecule has 0 saturated carbocycles. The molecular formula is C15H28N2O8. The van der Waals surface area contributed by atoms with E-state index in [0.717, 1.165) is 0 Å². The van der Waals surface area contributed by atoms with Gasteiger partial charge in [-0.3, -0.25) is 9.59 Å². The van der Waals surface area contributed by atoms with Gasteiger partial charge in [0.25, 0.3) is 0 Å². The topological polar surface area (TPSA) is 164 Å². The van der Waals surface area contributed by atoms with Crippen LogP contribution in [0.5, 0.6) is 0 Å². The van der Waals surface area contributed by atoms with Crippen LogP contribution >= 0.6 is 0 Å². The van der Waals surface area contributed by atoms with Crippen LogP contribution in [0.25, 0.3) is 0 Å². The fourth-order valence-electron chi connectivity index (χ4n) is 2.16. The number of nitrogens with two attached hydrogens (primary N) is 2. The molecule has 1 aliphatic rings. The molecule has 10 heteroatoms. The summed E-state index contributed by atoms with van der Waals surface area (Å²) in [4.78, 5) is 23.8. The number of carbonyl (C=O) groups excluding carboxylic acids is 2. The maximum absolute atomic E-state index is 11.9. The van der Waals surface area contributed by atoms with Crippen LogP contribution in [0, 0.1) is 0 Å². The number of ether oxygens (including phenoxy) is 4. The zero-order valence-corrected chi connectivity index (χ0v) is 14.8. The molecule has 146 valence electrons. The first-order chi connectivity index (χ1) is 11.6. The van der Waals surface area contributed by atoms with Crippen LogP contribution in [0.2, 0.25) is 0 Å². The second-order valence-corrected chi connectivity index (χ2v) is 6.28. The summed E-state index contributed by atoms with van der Waals surface area (Å²) in [6, 6.07) is -1.91. The number of aliphatic hydroxyl groups is 2. The summed E-state index contributed by atoms with van der Waals surface area (Å²) in [5, 5.41) is 19.7. The first kappa shape index (κ1) is 21.7. The Labute approximate surface area is 146 Å². The second-order valence-electron chi connectivity index (χ2n) is 6.28. The number of carbonyl (C=O) groups is 2. The minimum Gasteiger partial charge on any atom is -0.454 e. The van der Waals surface area contributed by atoms with Gasteiger partial charge in [-0.25, -0.2) is 0 Å². The average Bonchev–Trinajstić information content (AvgIpc) is 2.51. The molecule has 10 nitrogen and oxygen atoms in total. The fourth-order valence-corrected chi connectivity index (χ4v) is 2.16. The normalized spacial score (nSPS) is 32.1. The van der Waals surface area contributed by atoms with E-state index in [1.807, 2.05) is 0 Å². The molecule has 0 radical (unpaired) electrons. The smallest absolute Gasteiger partial charge is 0.323 e. The Morgan fingerprint density at radius 2 is 1.52 bits per heavy atom. The van der Waals surface area contributed by atoms with E-state index in [0.29, 0.717) is 0 Å². The highest BCUT2D eigenvalue weighted by Crippen LogP contribution is 2.28. The third kappa shape index (κ3) is 5.87. The molecule has 0 aliphatic carbocycles. The van der Waals surface area contributed by atoms with Gasteiger partial charge in [0, 0.05) is 0 Å². The Hall–Kier alpha value is -1.30. The van der Waals surface area contributed by atoms with E-state index in [1.165, 1.54) is 13.8 Å². The van der Waals surface area contributed by atoms with Crippen molar-refractivity contribution < 1.29 is 38.7 Å². The summed E-state index contributed by atoms with van der Waals surface area (Å²) in [5.74, 6) is -1.60. The summed E-state index contributed by atoms with van der Waals surface area (Å²) in [6.07, 6.45) is -6.67. The lowest BCUT2D eigenvalue weighted by Gasteiger charge is -2.43. The van der Waals surface area contributed by atoms with Gasteiger partial charge in [0.15, 0.2) is 18.5 Å². The molecule has 1 fully saturated rings. The lowest BCUT2D eigenvalue weighted by Crippen LogP contribution is -2.63. The van der Waals surface area contributed by atoms with E-state index >= 15 is 0 Å². The fraction of sp³-hybridized carbons (Fsp3) is 0.867. The van der Waals surface area contributed by atoms with Crippen molar-refractivity contribution >= 4 is 11.9 Å². The molecule has 1 aliphatic heterocycles. The van der Waals surface area contributed by atoms with Crippen LogP contribution in [0.15, 0.2) is 0 Å². The quantitative estimate of drug-likeness (QED) is 0.372. The van der Waals surface area contributed by atoms with Crippen LogP contribution in [0.3, 0.4) is 0 Å². The summed E-state index contributed by atoms with van der Waals surface area (Å²) in [5.41, 5.74) is 11.0. The Balaban J connectivity index is 3.13. The standard InChI is InChI=1S/C15H28N2O8/c1-6(2)22-15-12(25-14(21)8(4)17)11(24-13(20)7(3)16)10(19)9(5-18)23-15/h6-12,15,18-19H,5,16-17H2,1-4H3/t7-,8-,9+,10+,11-,12+,15-/m0/s1. The minimum absolute atomic E-state index is 0.333. The minimum atomic E-state index is -1.45. The van der Waals surface area contributed by atoms with Crippen molar-refractivity contribution in [2.45, 2.75) is 76.6 Å². The number of hydrogen-bond donors (Lipinski definition) is 4. The first-order valence-electron chi connectivity index (χ1n) is 8.10. The highest BCUT2D eigenvalue weighted by molar-refractivity contribution is 5.76. The van der Waals surface area contributed by atoms with Crippen LogP contribution in [0.4, 0.5) is 0 Å². The SMILES string of the molecule is CC(C)O[C@H]1O[C@H](CO)[C@@H](O)[C@H](OC(=O)[C@H](C)N)[C@H]1OC(=O)[C@H](C)N. The van der Waals surface area contributed by atoms with Crippen molar-refractivity contribution in [2.75, 3.05) is 6.61 Å². The molecule has 0 aromatic rings. The van der Waals surface area contributed by atoms with Gasteiger partial charge in [-0.05, 0) is 27.7 Å². The van der Waals surface area contributed by atoms with Crippen molar-refractivity contribution in [1.29, 1.82) is 0 Å². The Morgan fingerprint density at radius 1 is 1.04 bits per heavy atom. The Bertz CT molecular complexity index is 457. The largest absolute Gasteiger partial charge is 0.454 e. The monoisotopic (exact) mass is 364 g/mol. The third-order valence-corrected chi connectivity index (χ3v) is 3.45. The van der Waals surface area contributed by atoms with Crippen LogP contribution < -0.4 is 11.5 Å². The van der Waals surface area contributed by atoms with Crippen LogP contribution in [-0.4, -0.2) is 77.7 Å². The summed E-state index contributed by atoms with van der Waals surface area (Å²) in [7, 11) is 0. The van der Waals surface area contributed by atoms with Crippen molar-refractivity contribution in [2.24, 2.45) is 11.5 Å². The highest BCUT2D eigenvalue weighted by atomic mass is 16.7. The Morgan fingerprint density at radius 3 is 1.92 bits per heavy atom. The lowest BCUT2D eigenvalue weighted by atomic mass is 9.98. The number of aliphatic hydroxyl groups excluding tert-OH is 2. The third-order valence-electron chi connectivity index (χ3n) is 3.45. The van der Waals surface area contributed by atoms with E-state index in [4.69, 9.17) is 30.4 Å². The van der Waals surface area contributed by atoms with Gasteiger partial charge in [0.1, 0.15) is 24.3 Å². The molecule has 1 rings (SSSR count). The summed E-state index contributed by atoms with van der Waals surface area (Å²) < 4.78 is 21.5. The maximum Gasteiger partial charge on any atom is 0.323 e. The number of esters is 2. The van der Waals surface area contributed by atoms with Gasteiger partial charge in [0.2, 0.25) is 0 Å². The average molecular weight is 364 g/mol.